The van der Waals surface area contributed by atoms with Crippen LogP contribution in [0.2, 0.25) is 5.02 Å². The second-order valence-electron chi connectivity index (χ2n) is 6.61. The Balaban J connectivity index is 1.75. The van der Waals surface area contributed by atoms with Gasteiger partial charge < -0.3 is 9.63 Å². The van der Waals surface area contributed by atoms with Crippen molar-refractivity contribution < 1.29 is 9.63 Å². The Kier molecular flexibility index (Phi) is 5.20. The van der Waals surface area contributed by atoms with Gasteiger partial charge in [-0.15, -0.1) is 11.8 Å². The molecule has 1 unspecified atom stereocenters. The van der Waals surface area contributed by atoms with E-state index in [1.54, 1.807) is 11.8 Å². The molecule has 24 heavy (non-hydrogen) atoms. The van der Waals surface area contributed by atoms with Crippen LogP contribution in [0.3, 0.4) is 0 Å². The zero-order chi connectivity index (χ0) is 17.3. The van der Waals surface area contributed by atoms with Gasteiger partial charge in [-0.1, -0.05) is 16.8 Å². The van der Waals surface area contributed by atoms with Crippen molar-refractivity contribution in [1.82, 2.24) is 15.0 Å². The van der Waals surface area contributed by atoms with E-state index in [4.69, 9.17) is 16.1 Å². The van der Waals surface area contributed by atoms with Crippen LogP contribution in [-0.4, -0.2) is 37.7 Å². The molecule has 0 saturated carbocycles. The SMILES string of the molecule is Cc1noc([C@@H]2CCCN2C(O)C(C)(C)Sc2ccc(Cl)cc2)n1. The summed E-state index contributed by atoms with van der Waals surface area (Å²) in [5.41, 5.74) is 0. The van der Waals surface area contributed by atoms with Crippen molar-refractivity contribution in [1.29, 1.82) is 0 Å². The summed E-state index contributed by atoms with van der Waals surface area (Å²) in [6.45, 7) is 6.72. The van der Waals surface area contributed by atoms with E-state index in [1.807, 2.05) is 45.0 Å². The van der Waals surface area contributed by atoms with Gasteiger partial charge in [-0.2, -0.15) is 4.98 Å². The van der Waals surface area contributed by atoms with Gasteiger partial charge in [-0.3, -0.25) is 4.90 Å². The Labute approximate surface area is 151 Å². The van der Waals surface area contributed by atoms with E-state index in [0.29, 0.717) is 16.7 Å². The molecule has 2 aromatic rings. The van der Waals surface area contributed by atoms with Gasteiger partial charge in [-0.05, 0) is 57.9 Å². The van der Waals surface area contributed by atoms with Crippen molar-refractivity contribution in [2.45, 2.75) is 55.5 Å². The van der Waals surface area contributed by atoms with Gasteiger partial charge in [0.1, 0.15) is 6.23 Å². The van der Waals surface area contributed by atoms with Crippen molar-refractivity contribution in [2.24, 2.45) is 0 Å². The van der Waals surface area contributed by atoms with Crippen LogP contribution in [0.15, 0.2) is 33.7 Å². The van der Waals surface area contributed by atoms with Crippen LogP contribution < -0.4 is 0 Å². The van der Waals surface area contributed by atoms with Crippen LogP contribution in [-0.2, 0) is 0 Å². The summed E-state index contributed by atoms with van der Waals surface area (Å²) < 4.78 is 4.94. The maximum atomic E-state index is 11.0. The molecular weight excluding hydrogens is 346 g/mol. The highest BCUT2D eigenvalue weighted by atomic mass is 35.5. The van der Waals surface area contributed by atoms with Crippen molar-refractivity contribution in [3.8, 4) is 0 Å². The maximum absolute atomic E-state index is 11.0. The molecule has 0 radical (unpaired) electrons. The van der Waals surface area contributed by atoms with Crippen LogP contribution >= 0.6 is 23.4 Å². The van der Waals surface area contributed by atoms with Crippen LogP contribution in [0.1, 0.15) is 44.4 Å². The second kappa shape index (κ2) is 7.04. The van der Waals surface area contributed by atoms with Crippen LogP contribution in [0, 0.1) is 6.92 Å². The Bertz CT molecular complexity index is 689. The minimum Gasteiger partial charge on any atom is -0.377 e. The number of aryl methyl sites for hydroxylation is 1. The molecule has 0 spiro atoms. The van der Waals surface area contributed by atoms with E-state index < -0.39 is 11.0 Å². The first kappa shape index (κ1) is 17.7. The van der Waals surface area contributed by atoms with Gasteiger partial charge in [0, 0.05) is 16.5 Å². The van der Waals surface area contributed by atoms with E-state index in [0.717, 1.165) is 24.3 Å². The quantitative estimate of drug-likeness (QED) is 0.804. The third kappa shape index (κ3) is 3.77. The summed E-state index contributed by atoms with van der Waals surface area (Å²) in [5.74, 6) is 1.22. The summed E-state index contributed by atoms with van der Waals surface area (Å²) in [4.78, 5) is 7.49. The lowest BCUT2D eigenvalue weighted by Crippen LogP contribution is -2.47. The molecule has 1 saturated heterocycles. The zero-order valence-electron chi connectivity index (χ0n) is 14.1. The van der Waals surface area contributed by atoms with Gasteiger partial charge >= 0.3 is 0 Å². The molecule has 1 aromatic heterocycles. The van der Waals surface area contributed by atoms with Crippen molar-refractivity contribution in [3.05, 3.63) is 41.0 Å². The Hall–Kier alpha value is -1.08. The Morgan fingerprint density at radius 2 is 2.08 bits per heavy atom. The monoisotopic (exact) mass is 367 g/mol. The van der Waals surface area contributed by atoms with E-state index in [9.17, 15) is 5.11 Å². The molecule has 1 aliphatic rings. The number of nitrogens with zero attached hydrogens (tertiary/aromatic N) is 3. The number of hydrogen-bond acceptors (Lipinski definition) is 6. The van der Waals surface area contributed by atoms with Crippen LogP contribution in [0.4, 0.5) is 0 Å². The molecule has 0 bridgehead atoms. The number of benzene rings is 1. The zero-order valence-corrected chi connectivity index (χ0v) is 15.6. The molecule has 7 heteroatoms. The number of aliphatic hydroxyl groups is 1. The van der Waals surface area contributed by atoms with Crippen LogP contribution in [0.5, 0.6) is 0 Å². The minimum absolute atomic E-state index is 0.0220. The maximum Gasteiger partial charge on any atom is 0.244 e. The minimum atomic E-state index is -0.627. The molecule has 5 nitrogen and oxygen atoms in total. The molecule has 3 rings (SSSR count). The van der Waals surface area contributed by atoms with Gasteiger partial charge in [0.15, 0.2) is 5.82 Å². The molecule has 0 aliphatic carbocycles. The molecular formula is C17H22ClN3O2S. The molecule has 1 aliphatic heterocycles. The predicted octanol–water partition coefficient (Wildman–Crippen LogP) is 4.06. The van der Waals surface area contributed by atoms with Crippen molar-refractivity contribution in [3.63, 3.8) is 0 Å². The van der Waals surface area contributed by atoms with E-state index in [-0.39, 0.29) is 6.04 Å². The highest BCUT2D eigenvalue weighted by Crippen LogP contribution is 2.41. The number of hydrogen-bond donors (Lipinski definition) is 1. The topological polar surface area (TPSA) is 62.4 Å². The first-order valence-electron chi connectivity index (χ1n) is 8.05. The van der Waals surface area contributed by atoms with Gasteiger partial charge in [-0.25, -0.2) is 0 Å². The summed E-state index contributed by atoms with van der Waals surface area (Å²) >= 11 is 7.58. The average molecular weight is 368 g/mol. The molecule has 1 aromatic carbocycles. The fourth-order valence-corrected chi connectivity index (χ4v) is 4.30. The van der Waals surface area contributed by atoms with Crippen LogP contribution in [0.25, 0.3) is 0 Å². The molecule has 2 atom stereocenters. The van der Waals surface area contributed by atoms with Gasteiger partial charge in [0.05, 0.1) is 10.8 Å². The van der Waals surface area contributed by atoms with Crippen molar-refractivity contribution in [2.75, 3.05) is 6.54 Å². The summed E-state index contributed by atoms with van der Waals surface area (Å²) in [6, 6.07) is 7.67. The molecule has 1 N–H and O–H groups in total. The van der Waals surface area contributed by atoms with E-state index >= 15 is 0 Å². The molecule has 130 valence electrons. The first-order valence-corrected chi connectivity index (χ1v) is 9.25. The second-order valence-corrected chi connectivity index (χ2v) is 8.77. The number of aromatic nitrogens is 2. The fourth-order valence-electron chi connectivity index (χ4n) is 3.05. The number of likely N-dealkylation sites (tertiary alicyclic amines) is 1. The Morgan fingerprint density at radius 1 is 1.38 bits per heavy atom. The normalized spacial score (nSPS) is 20.5. The highest BCUT2D eigenvalue weighted by Gasteiger charge is 2.41. The first-order chi connectivity index (χ1) is 11.4. The van der Waals surface area contributed by atoms with Gasteiger partial charge in [0.2, 0.25) is 5.89 Å². The smallest absolute Gasteiger partial charge is 0.244 e. The number of rotatable bonds is 5. The fraction of sp³-hybridized carbons (Fsp3) is 0.529. The van der Waals surface area contributed by atoms with Crippen molar-refractivity contribution >= 4 is 23.4 Å². The number of halogens is 1. The molecule has 2 heterocycles. The Morgan fingerprint density at radius 3 is 2.71 bits per heavy atom. The molecule has 0 amide bonds. The lowest BCUT2D eigenvalue weighted by atomic mass is 10.1. The third-order valence-corrected chi connectivity index (χ3v) is 5.75. The summed E-state index contributed by atoms with van der Waals surface area (Å²) in [7, 11) is 0. The van der Waals surface area contributed by atoms with Gasteiger partial charge in [0.25, 0.3) is 0 Å². The number of thioether (sulfide) groups is 1. The third-order valence-electron chi connectivity index (χ3n) is 4.25. The summed E-state index contributed by atoms with van der Waals surface area (Å²) in [6.07, 6.45) is 1.29. The van der Waals surface area contributed by atoms with E-state index in [2.05, 4.69) is 15.0 Å². The summed E-state index contributed by atoms with van der Waals surface area (Å²) in [5, 5.41) is 15.6. The van der Waals surface area contributed by atoms with E-state index in [1.165, 1.54) is 0 Å². The predicted molar refractivity (Wildman–Crippen MR) is 95.1 cm³/mol. The largest absolute Gasteiger partial charge is 0.377 e. The standard InChI is InChI=1S/C17H22ClN3O2S/c1-11-19-15(23-20-11)14-5-4-10-21(14)16(22)17(2,3)24-13-8-6-12(18)7-9-13/h6-9,14,16,22H,4-5,10H2,1-3H3/t14-,16?/m0/s1. The highest BCUT2D eigenvalue weighted by molar-refractivity contribution is 8.00. The lowest BCUT2D eigenvalue weighted by Gasteiger charge is -2.38. The lowest BCUT2D eigenvalue weighted by molar-refractivity contribution is -0.0324. The number of aliphatic hydroxyl groups excluding tert-OH is 1. The molecule has 1 fully saturated rings. The average Bonchev–Trinajstić information content (AvgIpc) is 3.17.